The molecular formula is C31H34IN5O6. The molecule has 11 nitrogen and oxygen atoms in total. The van der Waals surface area contributed by atoms with Crippen molar-refractivity contribution in [3.8, 4) is 17.2 Å². The molecule has 226 valence electrons. The Balaban J connectivity index is 1.42. The number of ether oxygens (including phenoxy) is 3. The van der Waals surface area contributed by atoms with Gasteiger partial charge < -0.3 is 29.4 Å². The Bertz CT molecular complexity index is 1630. The van der Waals surface area contributed by atoms with Gasteiger partial charge in [0.05, 0.1) is 31.5 Å². The zero-order valence-corrected chi connectivity index (χ0v) is 27.0. The second kappa shape index (κ2) is 13.8. The standard InChI is InChI=1S/C31H34IN5O6/c1-7-42-30(39)28-19(4)34-31(40)35-29(28)21-8-11-25(26(14-21)41-6)43-16-27(38)36-33-15-22-13-18(3)37(20(22)5)23-9-10-24(32)17(2)12-23/h8-15,29H,7,16H2,1-6H3,(H,36,38)(H2,34,35,40)/b33-15+/t29-/m0/s1. The van der Waals surface area contributed by atoms with Crippen LogP contribution in [0.3, 0.4) is 0 Å². The summed E-state index contributed by atoms with van der Waals surface area (Å²) in [6.07, 6.45) is 1.61. The first kappa shape index (κ1) is 31.6. The molecule has 1 aliphatic heterocycles. The van der Waals surface area contributed by atoms with Gasteiger partial charge in [0.1, 0.15) is 0 Å². The number of hydrogen-bond donors (Lipinski definition) is 3. The van der Waals surface area contributed by atoms with Crippen molar-refractivity contribution in [1.82, 2.24) is 20.6 Å². The summed E-state index contributed by atoms with van der Waals surface area (Å²) < 4.78 is 19.7. The fourth-order valence-electron chi connectivity index (χ4n) is 4.84. The van der Waals surface area contributed by atoms with E-state index in [-0.39, 0.29) is 18.8 Å². The molecule has 1 aromatic heterocycles. The molecule has 1 atom stereocenters. The van der Waals surface area contributed by atoms with Crippen molar-refractivity contribution in [2.24, 2.45) is 5.10 Å². The van der Waals surface area contributed by atoms with Crippen LogP contribution in [0, 0.1) is 24.3 Å². The number of hydrazone groups is 1. The highest BCUT2D eigenvalue weighted by atomic mass is 127. The third kappa shape index (κ3) is 7.19. The quantitative estimate of drug-likeness (QED) is 0.121. The Hall–Kier alpha value is -4.33. The topological polar surface area (TPSA) is 132 Å². The number of allylic oxidation sites excluding steroid dienone is 1. The molecule has 12 heteroatoms. The zero-order chi connectivity index (χ0) is 31.3. The number of aryl methyl sites for hydroxylation is 2. The summed E-state index contributed by atoms with van der Waals surface area (Å²) >= 11 is 2.32. The van der Waals surface area contributed by atoms with E-state index < -0.39 is 23.9 Å². The van der Waals surface area contributed by atoms with Crippen LogP contribution >= 0.6 is 22.6 Å². The lowest BCUT2D eigenvalue weighted by Gasteiger charge is -2.28. The molecule has 4 rings (SSSR count). The van der Waals surface area contributed by atoms with Crippen LogP contribution in [0.15, 0.2) is 58.8 Å². The van der Waals surface area contributed by atoms with Crippen LogP contribution < -0.4 is 25.5 Å². The molecule has 1 aliphatic rings. The lowest BCUT2D eigenvalue weighted by Crippen LogP contribution is -2.45. The van der Waals surface area contributed by atoms with Gasteiger partial charge in [-0.2, -0.15) is 5.10 Å². The number of rotatable bonds is 10. The third-order valence-corrected chi connectivity index (χ3v) is 8.12. The van der Waals surface area contributed by atoms with Crippen molar-refractivity contribution in [3.05, 3.63) is 85.4 Å². The van der Waals surface area contributed by atoms with Crippen molar-refractivity contribution in [2.45, 2.75) is 40.7 Å². The predicted octanol–water partition coefficient (Wildman–Crippen LogP) is 4.74. The van der Waals surface area contributed by atoms with Crippen LogP contribution in [-0.2, 0) is 14.3 Å². The predicted molar refractivity (Wildman–Crippen MR) is 171 cm³/mol. The molecule has 0 radical (unpaired) electrons. The van der Waals surface area contributed by atoms with Crippen LogP contribution in [0.2, 0.25) is 0 Å². The second-order valence-corrected chi connectivity index (χ2v) is 11.0. The minimum Gasteiger partial charge on any atom is -0.493 e. The Morgan fingerprint density at radius 2 is 1.86 bits per heavy atom. The van der Waals surface area contributed by atoms with E-state index in [0.29, 0.717) is 22.8 Å². The Kier molecular flexibility index (Phi) is 10.1. The zero-order valence-electron chi connectivity index (χ0n) is 24.8. The molecule has 3 amide bonds. The summed E-state index contributed by atoms with van der Waals surface area (Å²) in [6, 6.07) is 12.0. The number of nitrogens with zero attached hydrogens (tertiary/aromatic N) is 2. The average molecular weight is 700 g/mol. The number of benzene rings is 2. The van der Waals surface area contributed by atoms with Gasteiger partial charge in [0.15, 0.2) is 18.1 Å². The largest absolute Gasteiger partial charge is 0.493 e. The number of urea groups is 1. The average Bonchev–Trinajstić information content (AvgIpc) is 3.25. The van der Waals surface area contributed by atoms with Crippen LogP contribution in [-0.4, -0.2) is 49.0 Å². The van der Waals surface area contributed by atoms with Crippen molar-refractivity contribution < 1.29 is 28.6 Å². The number of carbonyl (C=O) groups excluding carboxylic acids is 3. The van der Waals surface area contributed by atoms with Crippen molar-refractivity contribution in [3.63, 3.8) is 0 Å². The van der Waals surface area contributed by atoms with Gasteiger partial charge in [-0.15, -0.1) is 0 Å². The van der Waals surface area contributed by atoms with E-state index in [9.17, 15) is 14.4 Å². The maximum Gasteiger partial charge on any atom is 0.338 e. The molecule has 0 saturated carbocycles. The highest BCUT2D eigenvalue weighted by molar-refractivity contribution is 14.1. The summed E-state index contributed by atoms with van der Waals surface area (Å²) in [4.78, 5) is 37.3. The van der Waals surface area contributed by atoms with Crippen molar-refractivity contribution in [1.29, 1.82) is 0 Å². The van der Waals surface area contributed by atoms with E-state index >= 15 is 0 Å². The first-order chi connectivity index (χ1) is 20.5. The Morgan fingerprint density at radius 1 is 1.09 bits per heavy atom. The number of hydrogen-bond acceptors (Lipinski definition) is 7. The minimum absolute atomic E-state index is 0.192. The molecule has 0 unspecified atom stereocenters. The molecule has 0 fully saturated rings. The molecule has 0 saturated heterocycles. The van der Waals surface area contributed by atoms with E-state index in [1.54, 1.807) is 38.3 Å². The summed E-state index contributed by atoms with van der Waals surface area (Å²) in [6.45, 7) is 9.33. The van der Waals surface area contributed by atoms with Gasteiger partial charge >= 0.3 is 12.0 Å². The van der Waals surface area contributed by atoms with Crippen LogP contribution in [0.5, 0.6) is 11.5 Å². The first-order valence-electron chi connectivity index (χ1n) is 13.6. The molecule has 3 aromatic rings. The number of esters is 1. The van der Waals surface area contributed by atoms with Gasteiger partial charge in [0, 0.05) is 31.9 Å². The van der Waals surface area contributed by atoms with Gasteiger partial charge in [0.25, 0.3) is 5.91 Å². The number of methoxy groups -OCH3 is 1. The maximum absolute atomic E-state index is 12.6. The van der Waals surface area contributed by atoms with Crippen molar-refractivity contribution >= 4 is 46.7 Å². The van der Waals surface area contributed by atoms with Gasteiger partial charge in [-0.1, -0.05) is 6.07 Å². The van der Waals surface area contributed by atoms with E-state index in [2.05, 4.69) is 73.4 Å². The normalized spacial score (nSPS) is 14.8. The summed E-state index contributed by atoms with van der Waals surface area (Å²) in [5, 5.41) is 9.47. The fraction of sp³-hybridized carbons (Fsp3) is 0.290. The van der Waals surface area contributed by atoms with Gasteiger partial charge in [0.2, 0.25) is 0 Å². The lowest BCUT2D eigenvalue weighted by molar-refractivity contribution is -0.139. The Morgan fingerprint density at radius 3 is 2.56 bits per heavy atom. The second-order valence-electron chi connectivity index (χ2n) is 9.88. The molecule has 3 N–H and O–H groups in total. The Labute approximate surface area is 263 Å². The molecule has 0 spiro atoms. The third-order valence-electron chi connectivity index (χ3n) is 6.91. The van der Waals surface area contributed by atoms with E-state index in [1.807, 2.05) is 19.9 Å². The monoisotopic (exact) mass is 699 g/mol. The molecule has 2 aromatic carbocycles. The number of aromatic nitrogens is 1. The number of carbonyl (C=O) groups is 3. The number of halogens is 1. The smallest absolute Gasteiger partial charge is 0.338 e. The van der Waals surface area contributed by atoms with E-state index in [0.717, 1.165) is 22.6 Å². The maximum atomic E-state index is 12.6. The van der Waals surface area contributed by atoms with Gasteiger partial charge in [-0.05, 0) is 105 Å². The van der Waals surface area contributed by atoms with Gasteiger partial charge in [-0.25, -0.2) is 15.0 Å². The van der Waals surface area contributed by atoms with E-state index in [4.69, 9.17) is 14.2 Å². The minimum atomic E-state index is -0.759. The first-order valence-corrected chi connectivity index (χ1v) is 14.6. The molecule has 0 bridgehead atoms. The fourth-order valence-corrected chi connectivity index (χ4v) is 5.17. The van der Waals surface area contributed by atoms with Crippen LogP contribution in [0.4, 0.5) is 4.79 Å². The lowest BCUT2D eigenvalue weighted by atomic mass is 9.95. The molecule has 0 aliphatic carbocycles. The number of nitrogens with one attached hydrogen (secondary N) is 3. The van der Waals surface area contributed by atoms with Crippen LogP contribution in [0.25, 0.3) is 5.69 Å². The molecule has 43 heavy (non-hydrogen) atoms. The number of amides is 3. The molecule has 2 heterocycles. The summed E-state index contributed by atoms with van der Waals surface area (Å²) in [5.41, 5.74) is 8.95. The highest BCUT2D eigenvalue weighted by Gasteiger charge is 2.32. The van der Waals surface area contributed by atoms with Crippen molar-refractivity contribution in [2.75, 3.05) is 20.3 Å². The van der Waals surface area contributed by atoms with Crippen LogP contribution in [0.1, 0.15) is 48.0 Å². The summed E-state index contributed by atoms with van der Waals surface area (Å²) in [5.74, 6) is -0.375. The van der Waals surface area contributed by atoms with Gasteiger partial charge in [-0.3, -0.25) is 4.79 Å². The highest BCUT2D eigenvalue weighted by Crippen LogP contribution is 2.34. The summed E-state index contributed by atoms with van der Waals surface area (Å²) in [7, 11) is 1.46. The SMILES string of the molecule is CCOC(=O)C1=C(C)NC(=O)N[C@H]1c1ccc(OCC(=O)N/N=C/c2cc(C)n(-c3ccc(I)c(C)c3)c2C)c(OC)c1. The molecular weight excluding hydrogens is 665 g/mol. The van der Waals surface area contributed by atoms with E-state index in [1.165, 1.54) is 16.2 Å².